The Morgan fingerprint density at radius 2 is 2.00 bits per heavy atom. The maximum Gasteiger partial charge on any atom is 0.0796 e. The van der Waals surface area contributed by atoms with E-state index < -0.39 is 6.10 Å². The van der Waals surface area contributed by atoms with E-state index in [0.717, 1.165) is 18.4 Å². The molecule has 3 rings (SSSR count). The Hall–Kier alpha value is -1.31. The molecule has 2 aromatic rings. The molecule has 0 aliphatic heterocycles. The van der Waals surface area contributed by atoms with Crippen molar-refractivity contribution in [3.63, 3.8) is 0 Å². The average Bonchev–Trinajstić information content (AvgIpc) is 2.47. The molecule has 0 aromatic heterocycles. The van der Waals surface area contributed by atoms with E-state index in [-0.39, 0.29) is 0 Å². The van der Waals surface area contributed by atoms with Gasteiger partial charge in [0.1, 0.15) is 0 Å². The van der Waals surface area contributed by atoms with E-state index in [4.69, 9.17) is 11.6 Å². The summed E-state index contributed by atoms with van der Waals surface area (Å²) in [5.74, 6) is 0.453. The van der Waals surface area contributed by atoms with E-state index in [0.29, 0.717) is 10.9 Å². The van der Waals surface area contributed by atoms with Crippen LogP contribution in [-0.2, 0) is 6.42 Å². The maximum atomic E-state index is 10.5. The highest BCUT2D eigenvalue weighted by Crippen LogP contribution is 2.37. The fourth-order valence-electron chi connectivity index (χ4n) is 3.22. The van der Waals surface area contributed by atoms with Crippen LogP contribution in [0, 0.1) is 0 Å². The van der Waals surface area contributed by atoms with E-state index in [1.54, 1.807) is 0 Å². The number of aryl methyl sites for hydroxylation is 1. The van der Waals surface area contributed by atoms with Crippen LogP contribution in [0.15, 0.2) is 48.5 Å². The predicted molar refractivity (Wildman–Crippen MR) is 83.1 cm³/mol. The minimum atomic E-state index is -0.440. The van der Waals surface area contributed by atoms with Crippen molar-refractivity contribution in [2.24, 2.45) is 0 Å². The number of hydrogen-bond donors (Lipinski definition) is 1. The molecule has 104 valence electrons. The molecular weight excluding hydrogens is 268 g/mol. The lowest BCUT2D eigenvalue weighted by Gasteiger charge is -2.27. The number of halogens is 1. The van der Waals surface area contributed by atoms with Crippen molar-refractivity contribution in [1.82, 2.24) is 0 Å². The van der Waals surface area contributed by atoms with Crippen LogP contribution in [0.25, 0.3) is 0 Å². The Morgan fingerprint density at radius 1 is 1.15 bits per heavy atom. The number of aliphatic hydroxyl groups is 1. The highest BCUT2D eigenvalue weighted by molar-refractivity contribution is 6.30. The molecule has 2 aromatic carbocycles. The van der Waals surface area contributed by atoms with Gasteiger partial charge in [0.05, 0.1) is 6.10 Å². The van der Waals surface area contributed by atoms with E-state index in [2.05, 4.69) is 24.3 Å². The second-order valence-corrected chi connectivity index (χ2v) is 6.03. The molecule has 1 aliphatic rings. The Kier molecular flexibility index (Phi) is 4.09. The van der Waals surface area contributed by atoms with E-state index in [9.17, 15) is 5.11 Å². The fraction of sp³-hybridized carbons (Fsp3) is 0.333. The number of fused-ring (bicyclic) bond motifs is 1. The zero-order valence-corrected chi connectivity index (χ0v) is 12.2. The fourth-order valence-corrected chi connectivity index (χ4v) is 3.42. The first kappa shape index (κ1) is 13.7. The molecule has 2 unspecified atom stereocenters. The summed E-state index contributed by atoms with van der Waals surface area (Å²) in [6.07, 6.45) is 3.88. The SMILES string of the molecule is OC(CC1CCCc2ccccc21)c1cccc(Cl)c1. The minimum Gasteiger partial charge on any atom is -0.388 e. The molecule has 0 bridgehead atoms. The lowest BCUT2D eigenvalue weighted by Crippen LogP contribution is -2.13. The number of rotatable bonds is 3. The normalized spacial score (nSPS) is 19.4. The minimum absolute atomic E-state index is 0.440. The number of aliphatic hydroxyl groups excluding tert-OH is 1. The van der Waals surface area contributed by atoms with Crippen LogP contribution in [0.3, 0.4) is 0 Å². The van der Waals surface area contributed by atoms with Gasteiger partial charge in [-0.3, -0.25) is 0 Å². The largest absolute Gasteiger partial charge is 0.388 e. The molecule has 0 heterocycles. The second-order valence-electron chi connectivity index (χ2n) is 5.59. The quantitative estimate of drug-likeness (QED) is 0.852. The molecule has 0 saturated heterocycles. The van der Waals surface area contributed by atoms with Crippen molar-refractivity contribution in [3.8, 4) is 0 Å². The van der Waals surface area contributed by atoms with Crippen molar-refractivity contribution in [1.29, 1.82) is 0 Å². The molecule has 2 atom stereocenters. The molecule has 0 saturated carbocycles. The smallest absolute Gasteiger partial charge is 0.0796 e. The van der Waals surface area contributed by atoms with Gasteiger partial charge in [0.2, 0.25) is 0 Å². The van der Waals surface area contributed by atoms with Crippen molar-refractivity contribution < 1.29 is 5.11 Å². The molecule has 0 radical (unpaired) electrons. The van der Waals surface area contributed by atoms with Gasteiger partial charge in [-0.15, -0.1) is 0 Å². The van der Waals surface area contributed by atoms with Crippen LogP contribution in [0.1, 0.15) is 48.0 Å². The predicted octanol–water partition coefficient (Wildman–Crippen LogP) is 4.88. The lowest BCUT2D eigenvalue weighted by molar-refractivity contribution is 0.154. The molecule has 1 N–H and O–H groups in total. The third-order valence-corrected chi connectivity index (χ3v) is 4.47. The first-order valence-electron chi connectivity index (χ1n) is 7.25. The summed E-state index contributed by atoms with van der Waals surface area (Å²) in [6, 6.07) is 16.2. The van der Waals surface area contributed by atoms with Crippen LogP contribution in [0.5, 0.6) is 0 Å². The zero-order valence-electron chi connectivity index (χ0n) is 11.4. The Bertz CT molecular complexity index is 593. The molecule has 0 fully saturated rings. The third kappa shape index (κ3) is 2.89. The molecule has 0 spiro atoms. The van der Waals surface area contributed by atoms with Crippen LogP contribution in [0.2, 0.25) is 5.02 Å². The van der Waals surface area contributed by atoms with Gasteiger partial charge in [0.15, 0.2) is 0 Å². The van der Waals surface area contributed by atoms with Gasteiger partial charge in [-0.05, 0) is 60.4 Å². The van der Waals surface area contributed by atoms with Gasteiger partial charge >= 0.3 is 0 Å². The van der Waals surface area contributed by atoms with Crippen molar-refractivity contribution in [3.05, 3.63) is 70.2 Å². The highest BCUT2D eigenvalue weighted by Gasteiger charge is 2.23. The van der Waals surface area contributed by atoms with Gasteiger partial charge in [-0.2, -0.15) is 0 Å². The standard InChI is InChI=1S/C18H19ClO/c19-16-9-4-8-15(11-16)18(20)12-14-7-3-6-13-5-1-2-10-17(13)14/h1-2,4-5,8-11,14,18,20H,3,6-7,12H2. The van der Waals surface area contributed by atoms with E-state index in [1.165, 1.54) is 24.0 Å². The summed E-state index contributed by atoms with van der Waals surface area (Å²) in [4.78, 5) is 0. The third-order valence-electron chi connectivity index (χ3n) is 4.23. The summed E-state index contributed by atoms with van der Waals surface area (Å²) in [5.41, 5.74) is 3.78. The second kappa shape index (κ2) is 5.99. The highest BCUT2D eigenvalue weighted by atomic mass is 35.5. The summed E-state index contributed by atoms with van der Waals surface area (Å²) < 4.78 is 0. The van der Waals surface area contributed by atoms with Gasteiger partial charge in [-0.25, -0.2) is 0 Å². The maximum absolute atomic E-state index is 10.5. The van der Waals surface area contributed by atoms with Crippen molar-refractivity contribution in [2.75, 3.05) is 0 Å². The monoisotopic (exact) mass is 286 g/mol. The van der Waals surface area contributed by atoms with Gasteiger partial charge in [-0.1, -0.05) is 48.0 Å². The summed E-state index contributed by atoms with van der Waals surface area (Å²) >= 11 is 6.00. The van der Waals surface area contributed by atoms with Crippen LogP contribution in [0.4, 0.5) is 0 Å². The van der Waals surface area contributed by atoms with Crippen molar-refractivity contribution in [2.45, 2.75) is 37.7 Å². The van der Waals surface area contributed by atoms with Gasteiger partial charge < -0.3 is 5.11 Å². The van der Waals surface area contributed by atoms with Crippen molar-refractivity contribution >= 4 is 11.6 Å². The summed E-state index contributed by atoms with van der Waals surface area (Å²) in [6.45, 7) is 0. The first-order valence-corrected chi connectivity index (χ1v) is 7.63. The molecule has 20 heavy (non-hydrogen) atoms. The van der Waals surface area contributed by atoms with E-state index >= 15 is 0 Å². The number of benzene rings is 2. The topological polar surface area (TPSA) is 20.2 Å². The Balaban J connectivity index is 1.79. The van der Waals surface area contributed by atoms with Gasteiger partial charge in [0, 0.05) is 5.02 Å². The molecular formula is C18H19ClO. The molecule has 1 aliphatic carbocycles. The molecule has 2 heteroatoms. The summed E-state index contributed by atoms with van der Waals surface area (Å²) in [5, 5.41) is 11.1. The summed E-state index contributed by atoms with van der Waals surface area (Å²) in [7, 11) is 0. The molecule has 1 nitrogen and oxygen atoms in total. The van der Waals surface area contributed by atoms with Crippen LogP contribution >= 0.6 is 11.6 Å². The first-order chi connectivity index (χ1) is 9.74. The number of hydrogen-bond acceptors (Lipinski definition) is 1. The lowest BCUT2D eigenvalue weighted by atomic mass is 9.79. The van der Waals surface area contributed by atoms with E-state index in [1.807, 2.05) is 24.3 Å². The van der Waals surface area contributed by atoms with Gasteiger partial charge in [0.25, 0.3) is 0 Å². The molecule has 0 amide bonds. The van der Waals surface area contributed by atoms with Crippen LogP contribution < -0.4 is 0 Å². The average molecular weight is 287 g/mol. The Morgan fingerprint density at radius 3 is 2.85 bits per heavy atom. The Labute approximate surface area is 125 Å². The zero-order chi connectivity index (χ0) is 13.9. The van der Waals surface area contributed by atoms with Crippen LogP contribution in [-0.4, -0.2) is 5.11 Å².